The molecule has 0 radical (unpaired) electrons. The summed E-state index contributed by atoms with van der Waals surface area (Å²) in [6.07, 6.45) is 0. The fourth-order valence-corrected chi connectivity index (χ4v) is 5.47. The average molecular weight is 302 g/mol. The zero-order valence-corrected chi connectivity index (χ0v) is 17.1. The number of likely N-dealkylation sites (tertiary alicyclic amines) is 1. The first kappa shape index (κ1) is 23.2. The van der Waals surface area contributed by atoms with Crippen LogP contribution in [-0.4, -0.2) is 37.1 Å². The maximum atomic E-state index is 4.50. The molecule has 2 rings (SSSR count). The fourth-order valence-electron chi connectivity index (χ4n) is 5.47. The number of hydrogen-bond donors (Lipinski definition) is 2. The smallest absolute Gasteiger partial charge is 0.0220 e. The largest absolute Gasteiger partial charge is 0.333 e. The van der Waals surface area contributed by atoms with Crippen molar-refractivity contribution < 1.29 is 0 Å². The van der Waals surface area contributed by atoms with Crippen molar-refractivity contribution in [3.8, 4) is 0 Å². The molecule has 2 fully saturated rings. The highest BCUT2D eigenvalue weighted by Crippen LogP contribution is 2.90. The van der Waals surface area contributed by atoms with E-state index in [0.717, 1.165) is 0 Å². The predicted octanol–water partition coefficient (Wildman–Crippen LogP) is 3.72. The minimum absolute atomic E-state index is 0.286. The van der Waals surface area contributed by atoms with Crippen LogP contribution in [0, 0.1) is 16.2 Å². The highest BCUT2D eigenvalue weighted by atomic mass is 15.3. The lowest BCUT2D eigenvalue weighted by Gasteiger charge is -2.47. The van der Waals surface area contributed by atoms with Gasteiger partial charge in [0.05, 0.1) is 0 Å². The second kappa shape index (κ2) is 6.55. The molecule has 2 aliphatic rings. The van der Waals surface area contributed by atoms with Gasteiger partial charge >= 0.3 is 0 Å². The first-order chi connectivity index (χ1) is 9.40. The molecule has 0 amide bonds. The van der Waals surface area contributed by atoms with E-state index in [1.54, 1.807) is 0 Å². The predicted molar refractivity (Wildman–Crippen MR) is 97.5 cm³/mol. The maximum absolute atomic E-state index is 4.50. The summed E-state index contributed by atoms with van der Waals surface area (Å²) in [5.41, 5.74) is 10.9. The third-order valence-electron chi connectivity index (χ3n) is 7.56. The second-order valence-corrected chi connectivity index (χ2v) is 7.55. The van der Waals surface area contributed by atoms with Crippen LogP contribution in [0.2, 0.25) is 0 Å². The van der Waals surface area contributed by atoms with Crippen LogP contribution in [0.25, 0.3) is 0 Å². The molecule has 0 bridgehead atoms. The van der Waals surface area contributed by atoms with Gasteiger partial charge in [0.2, 0.25) is 0 Å². The van der Waals surface area contributed by atoms with Gasteiger partial charge in [-0.25, -0.2) is 0 Å². The van der Waals surface area contributed by atoms with Crippen LogP contribution in [0.15, 0.2) is 0 Å². The first-order valence-electron chi connectivity index (χ1n) is 8.30. The molecule has 1 heterocycles. The van der Waals surface area contributed by atoms with E-state index in [9.17, 15) is 0 Å². The number of hydrogen-bond acceptors (Lipinski definition) is 3. The molecule has 2 unspecified atom stereocenters. The Kier molecular flexibility index (Phi) is 7.23. The highest BCUT2D eigenvalue weighted by Gasteiger charge is 2.91. The van der Waals surface area contributed by atoms with Crippen LogP contribution in [0.4, 0.5) is 0 Å². The Morgan fingerprint density at radius 2 is 0.762 bits per heavy atom. The van der Waals surface area contributed by atoms with E-state index in [-0.39, 0.29) is 11.1 Å². The molecule has 0 aromatic heterocycles. The van der Waals surface area contributed by atoms with Gasteiger partial charge < -0.3 is 11.5 Å². The third-order valence-corrected chi connectivity index (χ3v) is 7.56. The van der Waals surface area contributed by atoms with Crippen molar-refractivity contribution in [2.45, 2.75) is 80.3 Å². The van der Waals surface area contributed by atoms with Gasteiger partial charge in [-0.1, -0.05) is 41.5 Å². The third kappa shape index (κ3) is 2.11. The Labute approximate surface area is 134 Å². The van der Waals surface area contributed by atoms with Crippen LogP contribution in [0.3, 0.4) is 0 Å². The van der Waals surface area contributed by atoms with E-state index < -0.39 is 0 Å². The molecule has 1 saturated heterocycles. The van der Waals surface area contributed by atoms with Crippen molar-refractivity contribution in [3.05, 3.63) is 0 Å². The van der Waals surface area contributed by atoms with Crippen LogP contribution in [0.1, 0.15) is 69.2 Å². The van der Waals surface area contributed by atoms with Crippen LogP contribution in [-0.2, 0) is 0 Å². The monoisotopic (exact) mass is 301 g/mol. The lowest BCUT2D eigenvalue weighted by Crippen LogP contribution is -2.54. The Morgan fingerprint density at radius 3 is 0.905 bits per heavy atom. The van der Waals surface area contributed by atoms with E-state index >= 15 is 0 Å². The standard InChI is InChI=1S/C14H27N.C2H6.2CH5N/c1-10(2)13(7)11(3,4)15(9)12(5,6)14(10,13)8;3*1-2/h1-9H3;1-2H3;2*2H2,1H3. The summed E-state index contributed by atoms with van der Waals surface area (Å²) in [4.78, 5) is 2.59. The number of nitrogens with zero attached hydrogens (tertiary/aromatic N) is 1. The van der Waals surface area contributed by atoms with Crippen molar-refractivity contribution in [1.29, 1.82) is 0 Å². The molecule has 130 valence electrons. The summed E-state index contributed by atoms with van der Waals surface area (Å²) in [5, 5.41) is 0. The minimum Gasteiger partial charge on any atom is -0.333 e. The highest BCUT2D eigenvalue weighted by molar-refractivity contribution is 5.41. The molecule has 21 heavy (non-hydrogen) atoms. The molecule has 1 aliphatic carbocycles. The molecule has 0 aromatic carbocycles. The first-order valence-corrected chi connectivity index (χ1v) is 8.30. The van der Waals surface area contributed by atoms with Gasteiger partial charge in [-0.15, -0.1) is 0 Å². The molecular weight excluding hydrogens is 258 g/mol. The van der Waals surface area contributed by atoms with Gasteiger partial charge in [0.1, 0.15) is 0 Å². The molecular formula is C18H43N3. The summed E-state index contributed by atoms with van der Waals surface area (Å²) in [6.45, 7) is 23.5. The molecule has 3 nitrogen and oxygen atoms in total. The van der Waals surface area contributed by atoms with Gasteiger partial charge in [0.25, 0.3) is 0 Å². The Balaban J connectivity index is 0. The fraction of sp³-hybridized carbons (Fsp3) is 1.00. The van der Waals surface area contributed by atoms with Crippen molar-refractivity contribution in [3.63, 3.8) is 0 Å². The van der Waals surface area contributed by atoms with Gasteiger partial charge in [0, 0.05) is 11.1 Å². The summed E-state index contributed by atoms with van der Waals surface area (Å²) in [5.74, 6) is 0. The zero-order valence-electron chi connectivity index (χ0n) is 17.1. The quantitative estimate of drug-likeness (QED) is 0.717. The average Bonchev–Trinajstić information content (AvgIpc) is 2.83. The molecule has 0 spiro atoms. The molecule has 1 saturated carbocycles. The SMILES string of the molecule is CC.CN.CN.CN1C(C)(C)C2(C)C(C)(C)C2(C)C1(C)C. The molecule has 4 N–H and O–H groups in total. The Morgan fingerprint density at radius 1 is 0.571 bits per heavy atom. The summed E-state index contributed by atoms with van der Waals surface area (Å²) < 4.78 is 0. The van der Waals surface area contributed by atoms with Crippen LogP contribution in [0.5, 0.6) is 0 Å². The number of nitrogens with two attached hydrogens (primary N) is 2. The van der Waals surface area contributed by atoms with Crippen molar-refractivity contribution in [2.75, 3.05) is 21.1 Å². The van der Waals surface area contributed by atoms with Gasteiger partial charge in [-0.2, -0.15) is 0 Å². The topological polar surface area (TPSA) is 55.3 Å². The number of fused-ring (bicyclic) bond motifs is 1. The van der Waals surface area contributed by atoms with E-state index in [0.29, 0.717) is 16.2 Å². The number of piperidine rings is 1. The van der Waals surface area contributed by atoms with Crippen LogP contribution < -0.4 is 11.5 Å². The lowest BCUT2D eigenvalue weighted by atomic mass is 9.79. The lowest BCUT2D eigenvalue weighted by molar-refractivity contribution is 0.00947. The molecule has 0 aromatic rings. The van der Waals surface area contributed by atoms with E-state index in [2.05, 4.69) is 78.8 Å². The van der Waals surface area contributed by atoms with Gasteiger partial charge in [0.15, 0.2) is 0 Å². The van der Waals surface area contributed by atoms with Gasteiger partial charge in [-0.05, 0) is 65.1 Å². The summed E-state index contributed by atoms with van der Waals surface area (Å²) in [6, 6.07) is 0. The molecule has 3 heteroatoms. The Hall–Kier alpha value is -0.120. The van der Waals surface area contributed by atoms with Crippen molar-refractivity contribution in [1.82, 2.24) is 4.90 Å². The van der Waals surface area contributed by atoms with Crippen LogP contribution >= 0.6 is 0 Å². The number of rotatable bonds is 0. The van der Waals surface area contributed by atoms with Crippen molar-refractivity contribution >= 4 is 0 Å². The second-order valence-electron chi connectivity index (χ2n) is 7.55. The molecule has 1 aliphatic heterocycles. The molecule has 2 atom stereocenters. The summed E-state index contributed by atoms with van der Waals surface area (Å²) >= 11 is 0. The van der Waals surface area contributed by atoms with E-state index in [4.69, 9.17) is 0 Å². The van der Waals surface area contributed by atoms with Gasteiger partial charge in [-0.3, -0.25) is 4.90 Å². The Bertz CT molecular complexity index is 303. The zero-order chi connectivity index (χ0) is 18.1. The summed E-state index contributed by atoms with van der Waals surface area (Å²) in [7, 11) is 5.29. The normalized spacial score (nSPS) is 36.7. The van der Waals surface area contributed by atoms with E-state index in [1.165, 1.54) is 14.1 Å². The maximum Gasteiger partial charge on any atom is 0.0220 e. The van der Waals surface area contributed by atoms with E-state index in [1.807, 2.05) is 13.8 Å². The van der Waals surface area contributed by atoms with Crippen molar-refractivity contribution in [2.24, 2.45) is 27.7 Å². The minimum atomic E-state index is 0.286.